The zero-order chi connectivity index (χ0) is 17.8. The van der Waals surface area contributed by atoms with Gasteiger partial charge in [-0.15, -0.1) is 0 Å². The molecule has 0 unspecified atom stereocenters. The molecule has 1 saturated heterocycles. The molecule has 0 atom stereocenters. The smallest absolute Gasteiger partial charge is 0.0113 e. The highest BCUT2D eigenvalue weighted by atomic mass is 15.3. The average Bonchev–Trinajstić information content (AvgIpc) is 2.62. The van der Waals surface area contributed by atoms with E-state index >= 15 is 0 Å². The number of hydrogen-bond acceptors (Lipinski definition) is 2. The van der Waals surface area contributed by atoms with Crippen LogP contribution in [0.5, 0.6) is 0 Å². The van der Waals surface area contributed by atoms with Crippen molar-refractivity contribution >= 4 is 0 Å². The second-order valence-electron chi connectivity index (χ2n) is 9.06. The third-order valence-corrected chi connectivity index (χ3v) is 6.32. The summed E-state index contributed by atoms with van der Waals surface area (Å²) in [6.45, 7) is 15.6. The Hall–Kier alpha value is -0.860. The lowest BCUT2D eigenvalue weighted by Crippen LogP contribution is -2.51. The third-order valence-electron chi connectivity index (χ3n) is 6.32. The summed E-state index contributed by atoms with van der Waals surface area (Å²) in [5, 5.41) is 0. The fourth-order valence-electron chi connectivity index (χ4n) is 4.75. The molecule has 1 aromatic rings. The molecule has 2 heteroatoms. The Morgan fingerprint density at radius 3 is 1.96 bits per heavy atom. The Labute approximate surface area is 155 Å². The highest BCUT2D eigenvalue weighted by Gasteiger charge is 2.28. The SMILES string of the molecule is CC(C)CN1CCN(C2CCC(c3ccc(C(C)C)cc3)CC2)CC1. The van der Waals surface area contributed by atoms with Crippen molar-refractivity contribution in [1.82, 2.24) is 9.80 Å². The van der Waals surface area contributed by atoms with Crippen molar-refractivity contribution in [1.29, 1.82) is 0 Å². The lowest BCUT2D eigenvalue weighted by Gasteiger charge is -2.42. The monoisotopic (exact) mass is 342 g/mol. The standard InChI is InChI=1S/C23H38N2/c1-18(2)17-24-13-15-25(16-14-24)23-11-9-22(10-12-23)21-7-5-20(6-8-21)19(3)4/h5-8,18-19,22-23H,9-17H2,1-4H3. The molecule has 2 fully saturated rings. The normalized spacial score (nSPS) is 26.5. The van der Waals surface area contributed by atoms with Gasteiger partial charge < -0.3 is 4.90 Å². The molecule has 0 amide bonds. The molecular weight excluding hydrogens is 304 g/mol. The number of nitrogens with zero attached hydrogens (tertiary/aromatic N) is 2. The first-order valence-corrected chi connectivity index (χ1v) is 10.6. The number of piperazine rings is 1. The third kappa shape index (κ3) is 5.08. The van der Waals surface area contributed by atoms with Gasteiger partial charge in [-0.25, -0.2) is 0 Å². The Morgan fingerprint density at radius 1 is 0.840 bits per heavy atom. The second-order valence-corrected chi connectivity index (χ2v) is 9.06. The van der Waals surface area contributed by atoms with E-state index in [4.69, 9.17) is 0 Å². The predicted octanol–water partition coefficient (Wildman–Crippen LogP) is 5.11. The Balaban J connectivity index is 1.46. The van der Waals surface area contributed by atoms with Gasteiger partial charge in [0.1, 0.15) is 0 Å². The van der Waals surface area contributed by atoms with Crippen molar-refractivity contribution in [3.8, 4) is 0 Å². The van der Waals surface area contributed by atoms with E-state index in [0.717, 1.165) is 17.9 Å². The molecule has 1 aliphatic heterocycles. The molecule has 1 aliphatic carbocycles. The van der Waals surface area contributed by atoms with Crippen LogP contribution in [0.25, 0.3) is 0 Å². The van der Waals surface area contributed by atoms with Crippen LogP contribution in [0.3, 0.4) is 0 Å². The zero-order valence-corrected chi connectivity index (χ0v) is 16.9. The molecule has 2 aliphatic rings. The fourth-order valence-corrected chi connectivity index (χ4v) is 4.75. The molecule has 0 N–H and O–H groups in total. The minimum atomic E-state index is 0.638. The minimum Gasteiger partial charge on any atom is -0.301 e. The van der Waals surface area contributed by atoms with Crippen LogP contribution in [0.4, 0.5) is 0 Å². The molecule has 0 aromatic heterocycles. The van der Waals surface area contributed by atoms with Gasteiger partial charge in [0.05, 0.1) is 0 Å². The Bertz CT molecular complexity index is 503. The number of benzene rings is 1. The van der Waals surface area contributed by atoms with E-state index in [1.807, 2.05) is 0 Å². The Morgan fingerprint density at radius 2 is 1.44 bits per heavy atom. The summed E-state index contributed by atoms with van der Waals surface area (Å²) in [7, 11) is 0. The quantitative estimate of drug-likeness (QED) is 0.733. The van der Waals surface area contributed by atoms with Crippen molar-refractivity contribution in [2.75, 3.05) is 32.7 Å². The van der Waals surface area contributed by atoms with Crippen LogP contribution in [0.1, 0.15) is 76.3 Å². The van der Waals surface area contributed by atoms with Gasteiger partial charge in [0, 0.05) is 38.8 Å². The van der Waals surface area contributed by atoms with Crippen LogP contribution in [0, 0.1) is 5.92 Å². The fraction of sp³-hybridized carbons (Fsp3) is 0.739. The molecule has 2 nitrogen and oxygen atoms in total. The van der Waals surface area contributed by atoms with Gasteiger partial charge in [-0.3, -0.25) is 4.90 Å². The molecule has 0 bridgehead atoms. The first-order chi connectivity index (χ1) is 12.0. The van der Waals surface area contributed by atoms with Crippen LogP contribution in [0.15, 0.2) is 24.3 Å². The summed E-state index contributed by atoms with van der Waals surface area (Å²) in [4.78, 5) is 5.44. The van der Waals surface area contributed by atoms with Crippen LogP contribution in [0.2, 0.25) is 0 Å². The van der Waals surface area contributed by atoms with E-state index in [-0.39, 0.29) is 0 Å². The van der Waals surface area contributed by atoms with Crippen LogP contribution in [-0.4, -0.2) is 48.6 Å². The van der Waals surface area contributed by atoms with Crippen molar-refractivity contribution in [3.05, 3.63) is 35.4 Å². The summed E-state index contributed by atoms with van der Waals surface area (Å²) >= 11 is 0. The Kier molecular flexibility index (Phi) is 6.57. The van der Waals surface area contributed by atoms with Gasteiger partial charge in [0.15, 0.2) is 0 Å². The topological polar surface area (TPSA) is 6.48 Å². The molecule has 3 rings (SSSR count). The highest BCUT2D eigenvalue weighted by molar-refractivity contribution is 5.27. The summed E-state index contributed by atoms with van der Waals surface area (Å²) in [5.74, 6) is 2.22. The first kappa shape index (κ1) is 18.9. The van der Waals surface area contributed by atoms with Gasteiger partial charge in [0.2, 0.25) is 0 Å². The number of rotatable bonds is 5. The largest absolute Gasteiger partial charge is 0.301 e. The van der Waals surface area contributed by atoms with Crippen molar-refractivity contribution in [2.24, 2.45) is 5.92 Å². The highest BCUT2D eigenvalue weighted by Crippen LogP contribution is 2.35. The van der Waals surface area contributed by atoms with Gasteiger partial charge in [-0.1, -0.05) is 52.0 Å². The maximum Gasteiger partial charge on any atom is 0.0113 e. The van der Waals surface area contributed by atoms with Gasteiger partial charge in [-0.05, 0) is 54.6 Å². The summed E-state index contributed by atoms with van der Waals surface area (Å²) < 4.78 is 0. The van der Waals surface area contributed by atoms with E-state index in [9.17, 15) is 0 Å². The molecule has 1 heterocycles. The average molecular weight is 343 g/mol. The molecular formula is C23H38N2. The van der Waals surface area contributed by atoms with Crippen LogP contribution < -0.4 is 0 Å². The zero-order valence-electron chi connectivity index (χ0n) is 16.9. The predicted molar refractivity (Wildman–Crippen MR) is 108 cm³/mol. The minimum absolute atomic E-state index is 0.638. The molecule has 25 heavy (non-hydrogen) atoms. The van der Waals surface area contributed by atoms with Crippen LogP contribution in [-0.2, 0) is 0 Å². The van der Waals surface area contributed by atoms with E-state index < -0.39 is 0 Å². The maximum absolute atomic E-state index is 2.79. The van der Waals surface area contributed by atoms with Crippen molar-refractivity contribution in [3.63, 3.8) is 0 Å². The lowest BCUT2D eigenvalue weighted by atomic mass is 9.80. The first-order valence-electron chi connectivity index (χ1n) is 10.6. The molecule has 0 spiro atoms. The second kappa shape index (κ2) is 8.68. The van der Waals surface area contributed by atoms with Crippen molar-refractivity contribution in [2.45, 2.75) is 71.3 Å². The summed E-state index contributed by atoms with van der Waals surface area (Å²) in [5.41, 5.74) is 3.04. The summed E-state index contributed by atoms with van der Waals surface area (Å²) in [6.07, 6.45) is 5.53. The van der Waals surface area contributed by atoms with Crippen molar-refractivity contribution < 1.29 is 0 Å². The maximum atomic E-state index is 2.79. The van der Waals surface area contributed by atoms with Gasteiger partial charge >= 0.3 is 0 Å². The molecule has 1 saturated carbocycles. The van der Waals surface area contributed by atoms with E-state index in [2.05, 4.69) is 61.8 Å². The lowest BCUT2D eigenvalue weighted by molar-refractivity contribution is 0.0708. The van der Waals surface area contributed by atoms with E-state index in [1.165, 1.54) is 64.0 Å². The van der Waals surface area contributed by atoms with E-state index in [0.29, 0.717) is 5.92 Å². The molecule has 1 aromatic carbocycles. The van der Waals surface area contributed by atoms with Crippen LogP contribution >= 0.6 is 0 Å². The van der Waals surface area contributed by atoms with Gasteiger partial charge in [0.25, 0.3) is 0 Å². The molecule has 140 valence electrons. The summed E-state index contributed by atoms with van der Waals surface area (Å²) in [6, 6.07) is 10.3. The van der Waals surface area contributed by atoms with Gasteiger partial charge in [-0.2, -0.15) is 0 Å². The number of hydrogen-bond donors (Lipinski definition) is 0. The molecule has 0 radical (unpaired) electrons. The van der Waals surface area contributed by atoms with E-state index in [1.54, 1.807) is 5.56 Å².